The molecular weight excluding hydrogens is 435 g/mol. The van der Waals surface area contributed by atoms with Gasteiger partial charge >= 0.3 is 5.69 Å². The molecule has 3 heterocycles. The van der Waals surface area contributed by atoms with Crippen LogP contribution in [0.15, 0.2) is 65.7 Å². The number of benzene rings is 2. The van der Waals surface area contributed by atoms with Crippen molar-refractivity contribution in [1.82, 2.24) is 23.8 Å². The third kappa shape index (κ3) is 3.52. The quantitative estimate of drug-likeness (QED) is 0.453. The minimum Gasteiger partial charge on any atom is -0.324 e. The summed E-state index contributed by atoms with van der Waals surface area (Å²) in [4.78, 5) is 25.3. The molecule has 0 unspecified atom stereocenters. The lowest BCUT2D eigenvalue weighted by atomic mass is 10.1. The number of rotatable bonds is 4. The topological polar surface area (TPSA) is 85.7 Å². The zero-order valence-corrected chi connectivity index (χ0v) is 17.5. The Morgan fingerprint density at radius 3 is 2.66 bits per heavy atom. The molecule has 0 spiro atoms. The van der Waals surface area contributed by atoms with Crippen molar-refractivity contribution in [2.24, 2.45) is 0 Å². The minimum absolute atomic E-state index is 0.266. The van der Waals surface area contributed by atoms with Crippen molar-refractivity contribution in [1.29, 1.82) is 0 Å². The summed E-state index contributed by atoms with van der Waals surface area (Å²) in [5, 5.41) is 12.1. The summed E-state index contributed by atoms with van der Waals surface area (Å²) in [5.74, 6) is -0.742. The summed E-state index contributed by atoms with van der Waals surface area (Å²) in [5.41, 5.74) is 3.23. The molecule has 2 aromatic carbocycles. The van der Waals surface area contributed by atoms with Gasteiger partial charge in [-0.15, -0.1) is 5.10 Å². The average molecular weight is 451 g/mol. The van der Waals surface area contributed by atoms with Crippen molar-refractivity contribution in [3.63, 3.8) is 0 Å². The SMILES string of the molecule is Cc1ccc(Cl)cc1NC(=O)Cn1nc2c3cc(-c4ccc(F)cc4)nn3ccn2c1=O. The number of aromatic nitrogens is 5. The molecular formula is C22H16ClFN6O2. The Morgan fingerprint density at radius 1 is 1.09 bits per heavy atom. The lowest BCUT2D eigenvalue weighted by Crippen LogP contribution is -2.28. The highest BCUT2D eigenvalue weighted by Gasteiger charge is 2.16. The molecule has 5 aromatic rings. The molecule has 5 rings (SSSR count). The Morgan fingerprint density at radius 2 is 1.88 bits per heavy atom. The zero-order valence-electron chi connectivity index (χ0n) is 16.8. The average Bonchev–Trinajstić information content (AvgIpc) is 3.33. The molecule has 1 N–H and O–H groups in total. The zero-order chi connectivity index (χ0) is 22.4. The van der Waals surface area contributed by atoms with Gasteiger partial charge in [0.05, 0.1) is 5.69 Å². The van der Waals surface area contributed by atoms with E-state index in [1.165, 1.54) is 22.7 Å². The predicted molar refractivity (Wildman–Crippen MR) is 118 cm³/mol. The summed E-state index contributed by atoms with van der Waals surface area (Å²) in [6.45, 7) is 1.58. The number of amides is 1. The van der Waals surface area contributed by atoms with Crippen molar-refractivity contribution in [3.05, 3.63) is 87.8 Å². The molecule has 0 aliphatic heterocycles. The Bertz CT molecular complexity index is 1550. The van der Waals surface area contributed by atoms with E-state index in [2.05, 4.69) is 15.5 Å². The van der Waals surface area contributed by atoms with Crippen molar-refractivity contribution in [3.8, 4) is 11.3 Å². The molecule has 0 radical (unpaired) electrons. The number of carbonyl (C=O) groups excluding carboxylic acids is 1. The summed E-state index contributed by atoms with van der Waals surface area (Å²) in [7, 11) is 0. The van der Waals surface area contributed by atoms with Crippen molar-refractivity contribution in [2.45, 2.75) is 13.5 Å². The number of halogens is 2. The van der Waals surface area contributed by atoms with E-state index < -0.39 is 11.6 Å². The fourth-order valence-corrected chi connectivity index (χ4v) is 3.63. The molecule has 0 saturated carbocycles. The van der Waals surface area contributed by atoms with Gasteiger partial charge in [0.1, 0.15) is 17.9 Å². The second kappa shape index (κ2) is 7.61. The molecule has 0 bridgehead atoms. The van der Waals surface area contributed by atoms with Gasteiger partial charge in [-0.2, -0.15) is 5.10 Å². The molecule has 0 fully saturated rings. The lowest BCUT2D eigenvalue weighted by molar-refractivity contribution is -0.117. The van der Waals surface area contributed by atoms with Crippen LogP contribution in [0.2, 0.25) is 5.02 Å². The number of anilines is 1. The first kappa shape index (κ1) is 20.0. The van der Waals surface area contributed by atoms with Gasteiger partial charge in [-0.05, 0) is 55.0 Å². The highest BCUT2D eigenvalue weighted by atomic mass is 35.5. The first-order valence-corrected chi connectivity index (χ1v) is 10.1. The summed E-state index contributed by atoms with van der Waals surface area (Å²) >= 11 is 6.00. The molecule has 0 aliphatic carbocycles. The second-order valence-corrected chi connectivity index (χ2v) is 7.74. The Hall–Kier alpha value is -3.98. The molecule has 0 aliphatic rings. The Balaban J connectivity index is 1.49. The first-order chi connectivity index (χ1) is 15.4. The monoisotopic (exact) mass is 450 g/mol. The van der Waals surface area contributed by atoms with Crippen LogP contribution in [-0.4, -0.2) is 29.7 Å². The number of carbonyl (C=O) groups is 1. The Labute approximate surface area is 185 Å². The largest absolute Gasteiger partial charge is 0.350 e. The molecule has 8 nitrogen and oxygen atoms in total. The second-order valence-electron chi connectivity index (χ2n) is 7.31. The van der Waals surface area contributed by atoms with Crippen LogP contribution in [0.5, 0.6) is 0 Å². The number of nitrogens with zero attached hydrogens (tertiary/aromatic N) is 5. The highest BCUT2D eigenvalue weighted by Crippen LogP contribution is 2.22. The molecule has 160 valence electrons. The van der Waals surface area contributed by atoms with Crippen LogP contribution in [0, 0.1) is 12.7 Å². The van der Waals surface area contributed by atoms with E-state index in [0.29, 0.717) is 27.6 Å². The lowest BCUT2D eigenvalue weighted by Gasteiger charge is -2.08. The van der Waals surface area contributed by atoms with Crippen LogP contribution >= 0.6 is 11.6 Å². The summed E-state index contributed by atoms with van der Waals surface area (Å²) < 4.78 is 17.3. The van der Waals surface area contributed by atoms with Crippen LogP contribution in [0.3, 0.4) is 0 Å². The maximum atomic E-state index is 13.2. The van der Waals surface area contributed by atoms with Crippen LogP contribution in [0.4, 0.5) is 10.1 Å². The van der Waals surface area contributed by atoms with E-state index in [1.807, 2.05) is 6.92 Å². The van der Waals surface area contributed by atoms with Crippen LogP contribution < -0.4 is 11.0 Å². The van der Waals surface area contributed by atoms with E-state index in [1.54, 1.807) is 47.1 Å². The van der Waals surface area contributed by atoms with Gasteiger partial charge in [0.2, 0.25) is 5.91 Å². The Kier molecular flexibility index (Phi) is 4.75. The third-order valence-corrected chi connectivity index (χ3v) is 5.33. The summed E-state index contributed by atoms with van der Waals surface area (Å²) in [6, 6.07) is 12.9. The van der Waals surface area contributed by atoms with E-state index in [4.69, 9.17) is 11.6 Å². The highest BCUT2D eigenvalue weighted by molar-refractivity contribution is 6.31. The maximum absolute atomic E-state index is 13.2. The van der Waals surface area contributed by atoms with Gasteiger partial charge in [-0.25, -0.2) is 22.8 Å². The van der Waals surface area contributed by atoms with Gasteiger partial charge in [-0.1, -0.05) is 17.7 Å². The number of hydrogen-bond donors (Lipinski definition) is 1. The van der Waals surface area contributed by atoms with Gasteiger partial charge in [0, 0.05) is 28.7 Å². The van der Waals surface area contributed by atoms with Gasteiger partial charge in [0.15, 0.2) is 5.65 Å². The van der Waals surface area contributed by atoms with Crippen molar-refractivity contribution >= 4 is 34.4 Å². The van der Waals surface area contributed by atoms with Crippen LogP contribution in [-0.2, 0) is 11.3 Å². The molecule has 0 atom stereocenters. The van der Waals surface area contributed by atoms with E-state index in [0.717, 1.165) is 15.8 Å². The van der Waals surface area contributed by atoms with Crippen molar-refractivity contribution < 1.29 is 9.18 Å². The number of aryl methyl sites for hydroxylation is 1. The predicted octanol–water partition coefficient (Wildman–Crippen LogP) is 3.55. The molecule has 32 heavy (non-hydrogen) atoms. The maximum Gasteiger partial charge on any atom is 0.350 e. The van der Waals surface area contributed by atoms with E-state index in [-0.39, 0.29) is 12.4 Å². The fourth-order valence-electron chi connectivity index (χ4n) is 3.45. The minimum atomic E-state index is -0.454. The van der Waals surface area contributed by atoms with Gasteiger partial charge in [-0.3, -0.25) is 4.79 Å². The molecule has 0 saturated heterocycles. The van der Waals surface area contributed by atoms with Crippen LogP contribution in [0.1, 0.15) is 5.56 Å². The number of hydrogen-bond acceptors (Lipinski definition) is 4. The van der Waals surface area contributed by atoms with Crippen molar-refractivity contribution in [2.75, 3.05) is 5.32 Å². The number of nitrogens with one attached hydrogen (secondary N) is 1. The number of fused-ring (bicyclic) bond motifs is 3. The molecule has 1 amide bonds. The molecule has 3 aromatic heterocycles. The smallest absolute Gasteiger partial charge is 0.324 e. The van der Waals surface area contributed by atoms with Gasteiger partial charge in [0.25, 0.3) is 0 Å². The summed E-state index contributed by atoms with van der Waals surface area (Å²) in [6.07, 6.45) is 3.16. The normalized spacial score (nSPS) is 11.3. The van der Waals surface area contributed by atoms with Crippen LogP contribution in [0.25, 0.3) is 22.4 Å². The van der Waals surface area contributed by atoms with Gasteiger partial charge < -0.3 is 5.32 Å². The fraction of sp³-hybridized carbons (Fsp3) is 0.0909. The van der Waals surface area contributed by atoms with E-state index >= 15 is 0 Å². The van der Waals surface area contributed by atoms with E-state index in [9.17, 15) is 14.0 Å². The molecule has 10 heteroatoms. The standard InChI is InChI=1S/C22H16ClFN6O2/c1-13-2-5-15(23)10-17(13)25-20(31)12-30-22(32)28-8-9-29-19(21(28)27-30)11-18(26-29)14-3-6-16(24)7-4-14/h2-11H,12H2,1H3,(H,25,31). The third-order valence-electron chi connectivity index (χ3n) is 5.10. The first-order valence-electron chi connectivity index (χ1n) is 9.68.